The van der Waals surface area contributed by atoms with E-state index in [9.17, 15) is 4.79 Å². The highest BCUT2D eigenvalue weighted by atomic mass is 16.5. The van der Waals surface area contributed by atoms with E-state index in [0.717, 1.165) is 42.8 Å². The van der Waals surface area contributed by atoms with Crippen LogP contribution in [0.5, 0.6) is 17.4 Å². The van der Waals surface area contributed by atoms with Crippen LogP contribution in [0, 0.1) is 12.8 Å². The molecule has 0 saturated heterocycles. The van der Waals surface area contributed by atoms with E-state index < -0.39 is 0 Å². The summed E-state index contributed by atoms with van der Waals surface area (Å²) in [6, 6.07) is 17.5. The molecule has 0 N–H and O–H groups in total. The van der Waals surface area contributed by atoms with Crippen LogP contribution in [0.4, 0.5) is 0 Å². The van der Waals surface area contributed by atoms with Crippen LogP contribution in [0.2, 0.25) is 0 Å². The van der Waals surface area contributed by atoms with Gasteiger partial charge in [0.15, 0.2) is 11.5 Å². The van der Waals surface area contributed by atoms with Gasteiger partial charge in [0.05, 0.1) is 30.6 Å². The third-order valence-corrected chi connectivity index (χ3v) is 5.49. The van der Waals surface area contributed by atoms with E-state index in [2.05, 4.69) is 6.92 Å². The minimum absolute atomic E-state index is 0.176. The predicted octanol–water partition coefficient (Wildman–Crippen LogP) is 5.13. The first kappa shape index (κ1) is 21.0. The van der Waals surface area contributed by atoms with Gasteiger partial charge in [0.1, 0.15) is 0 Å². The molecular formula is C25H29N3O3. The number of para-hydroxylation sites is 3. The van der Waals surface area contributed by atoms with E-state index in [1.165, 1.54) is 0 Å². The van der Waals surface area contributed by atoms with Crippen molar-refractivity contribution in [3.8, 4) is 23.1 Å². The molecule has 162 valence electrons. The molecule has 1 heterocycles. The molecule has 1 aliphatic rings. The maximum Gasteiger partial charge on any atom is 0.228 e. The van der Waals surface area contributed by atoms with Crippen LogP contribution in [0.15, 0.2) is 54.6 Å². The van der Waals surface area contributed by atoms with Gasteiger partial charge in [0, 0.05) is 12.5 Å². The highest BCUT2D eigenvalue weighted by Crippen LogP contribution is 2.37. The Labute approximate surface area is 183 Å². The minimum Gasteiger partial charge on any atom is -0.493 e. The van der Waals surface area contributed by atoms with Crippen molar-refractivity contribution in [2.75, 3.05) is 13.7 Å². The maximum atomic E-state index is 12.9. The average molecular weight is 420 g/mol. The van der Waals surface area contributed by atoms with Crippen molar-refractivity contribution in [3.63, 3.8) is 0 Å². The van der Waals surface area contributed by atoms with Crippen molar-refractivity contribution in [1.82, 2.24) is 14.7 Å². The first-order valence-electron chi connectivity index (χ1n) is 10.9. The monoisotopic (exact) mass is 419 g/mol. The Morgan fingerprint density at radius 2 is 1.77 bits per heavy atom. The molecule has 0 aliphatic heterocycles. The normalized spacial score (nSPS) is 13.1. The van der Waals surface area contributed by atoms with Crippen LogP contribution in [0.1, 0.15) is 37.4 Å². The third kappa shape index (κ3) is 4.58. The largest absolute Gasteiger partial charge is 0.493 e. The average Bonchev–Trinajstić information content (AvgIpc) is 3.60. The summed E-state index contributed by atoms with van der Waals surface area (Å²) in [6.07, 6.45) is 2.89. The first-order chi connectivity index (χ1) is 15.1. The fraction of sp³-hybridized carbons (Fsp3) is 0.360. The van der Waals surface area contributed by atoms with Crippen LogP contribution in [-0.2, 0) is 11.3 Å². The Bertz CT molecular complexity index is 1040. The van der Waals surface area contributed by atoms with Gasteiger partial charge in [-0.05, 0) is 50.5 Å². The lowest BCUT2D eigenvalue weighted by Gasteiger charge is -2.23. The summed E-state index contributed by atoms with van der Waals surface area (Å²) in [6.45, 7) is 5.26. The lowest BCUT2D eigenvalue weighted by molar-refractivity contribution is -0.133. The van der Waals surface area contributed by atoms with Crippen molar-refractivity contribution in [3.05, 3.63) is 65.9 Å². The fourth-order valence-corrected chi connectivity index (χ4v) is 3.69. The molecule has 2 aromatic carbocycles. The molecule has 4 rings (SSSR count). The highest BCUT2D eigenvalue weighted by Gasteiger charge is 2.34. The fourth-order valence-electron chi connectivity index (χ4n) is 3.69. The Balaban J connectivity index is 1.76. The van der Waals surface area contributed by atoms with Crippen molar-refractivity contribution in [2.45, 2.75) is 39.7 Å². The van der Waals surface area contributed by atoms with Gasteiger partial charge in [-0.3, -0.25) is 4.79 Å². The van der Waals surface area contributed by atoms with Crippen LogP contribution in [0.25, 0.3) is 5.69 Å². The highest BCUT2D eigenvalue weighted by molar-refractivity contribution is 5.81. The summed E-state index contributed by atoms with van der Waals surface area (Å²) in [5.41, 5.74) is 2.66. The second-order valence-corrected chi connectivity index (χ2v) is 7.90. The second kappa shape index (κ2) is 9.25. The maximum absolute atomic E-state index is 12.9. The third-order valence-electron chi connectivity index (χ3n) is 5.49. The van der Waals surface area contributed by atoms with Crippen LogP contribution in [-0.4, -0.2) is 34.2 Å². The number of aromatic nitrogens is 2. The molecule has 3 aromatic rings. The van der Waals surface area contributed by atoms with Gasteiger partial charge < -0.3 is 14.4 Å². The van der Waals surface area contributed by atoms with Gasteiger partial charge in [0.2, 0.25) is 11.8 Å². The van der Waals surface area contributed by atoms with Gasteiger partial charge in [-0.15, -0.1) is 0 Å². The molecule has 1 amide bonds. The number of amides is 1. The zero-order chi connectivity index (χ0) is 21.8. The van der Waals surface area contributed by atoms with E-state index in [1.54, 1.807) is 7.11 Å². The molecule has 31 heavy (non-hydrogen) atoms. The number of benzene rings is 2. The van der Waals surface area contributed by atoms with Crippen LogP contribution in [0.3, 0.4) is 0 Å². The van der Waals surface area contributed by atoms with Crippen LogP contribution < -0.4 is 9.47 Å². The molecule has 6 nitrogen and oxygen atoms in total. The van der Waals surface area contributed by atoms with E-state index in [-0.39, 0.29) is 11.8 Å². The van der Waals surface area contributed by atoms with Gasteiger partial charge >= 0.3 is 0 Å². The summed E-state index contributed by atoms with van der Waals surface area (Å²) in [7, 11) is 1.63. The lowest BCUT2D eigenvalue weighted by atomic mass is 10.2. The molecule has 0 atom stereocenters. The van der Waals surface area contributed by atoms with Crippen molar-refractivity contribution in [2.24, 2.45) is 5.92 Å². The Morgan fingerprint density at radius 3 is 2.42 bits per heavy atom. The zero-order valence-electron chi connectivity index (χ0n) is 18.4. The smallest absolute Gasteiger partial charge is 0.228 e. The van der Waals surface area contributed by atoms with Gasteiger partial charge in [-0.1, -0.05) is 37.3 Å². The van der Waals surface area contributed by atoms with Crippen molar-refractivity contribution in [1.29, 1.82) is 0 Å². The van der Waals surface area contributed by atoms with Crippen molar-refractivity contribution < 1.29 is 14.3 Å². The summed E-state index contributed by atoms with van der Waals surface area (Å²) >= 11 is 0. The van der Waals surface area contributed by atoms with Gasteiger partial charge in [-0.2, -0.15) is 5.10 Å². The number of aryl methyl sites for hydroxylation is 1. The standard InChI is InChI=1S/C25H29N3O3/c1-4-16-27(24(29)19-14-15-19)17-21-18(2)26-28(20-10-6-5-7-11-20)25(21)31-23-13-9-8-12-22(23)30-3/h5-13,19H,4,14-17H2,1-3H3. The van der Waals surface area contributed by atoms with E-state index in [0.29, 0.717) is 23.9 Å². The van der Waals surface area contributed by atoms with E-state index >= 15 is 0 Å². The summed E-state index contributed by atoms with van der Waals surface area (Å²) in [4.78, 5) is 14.8. The molecule has 0 unspecified atom stereocenters. The number of hydrogen-bond acceptors (Lipinski definition) is 4. The molecule has 6 heteroatoms. The lowest BCUT2D eigenvalue weighted by Crippen LogP contribution is -2.32. The number of methoxy groups -OCH3 is 1. The molecule has 0 bridgehead atoms. The Hall–Kier alpha value is -3.28. The number of carbonyl (C=O) groups excluding carboxylic acids is 1. The SMILES string of the molecule is CCCN(Cc1c(C)nn(-c2ccccc2)c1Oc1ccccc1OC)C(=O)C1CC1. The molecule has 0 spiro atoms. The van der Waals surface area contributed by atoms with Gasteiger partial charge in [0.25, 0.3) is 0 Å². The van der Waals surface area contributed by atoms with E-state index in [1.807, 2.05) is 71.1 Å². The van der Waals surface area contributed by atoms with Gasteiger partial charge in [-0.25, -0.2) is 4.68 Å². The van der Waals surface area contributed by atoms with Crippen LogP contribution >= 0.6 is 0 Å². The summed E-state index contributed by atoms with van der Waals surface area (Å²) in [5.74, 6) is 2.27. The molecule has 1 aromatic heterocycles. The number of ether oxygens (including phenoxy) is 2. The number of rotatable bonds is 9. The van der Waals surface area contributed by atoms with E-state index in [4.69, 9.17) is 14.6 Å². The molecule has 1 aliphatic carbocycles. The quantitative estimate of drug-likeness (QED) is 0.482. The summed E-state index contributed by atoms with van der Waals surface area (Å²) in [5, 5.41) is 4.78. The topological polar surface area (TPSA) is 56.6 Å². The summed E-state index contributed by atoms with van der Waals surface area (Å²) < 4.78 is 13.7. The molecule has 0 radical (unpaired) electrons. The molecular weight excluding hydrogens is 390 g/mol. The number of carbonyl (C=O) groups is 1. The van der Waals surface area contributed by atoms with Crippen molar-refractivity contribution >= 4 is 5.91 Å². The Morgan fingerprint density at radius 1 is 1.10 bits per heavy atom. The number of nitrogens with zero attached hydrogens (tertiary/aromatic N) is 3. The number of hydrogen-bond donors (Lipinski definition) is 0. The minimum atomic E-state index is 0.176. The first-order valence-corrected chi connectivity index (χ1v) is 10.9. The predicted molar refractivity (Wildman–Crippen MR) is 120 cm³/mol. The molecule has 1 saturated carbocycles. The molecule has 1 fully saturated rings. The Kier molecular flexibility index (Phi) is 6.26. The second-order valence-electron chi connectivity index (χ2n) is 7.90. The zero-order valence-corrected chi connectivity index (χ0v) is 18.4.